The molecule has 214 valence electrons. The van der Waals surface area contributed by atoms with E-state index < -0.39 is 5.92 Å². The molecule has 0 unspecified atom stereocenters. The molecule has 0 amide bonds. The highest BCUT2D eigenvalue weighted by Gasteiger charge is 2.29. The Balaban J connectivity index is 1.19. The number of aromatic nitrogens is 2. The molecule has 2 aromatic rings. The average molecular weight is 537 g/mol. The molecular weight excluding hydrogens is 488 g/mol. The summed E-state index contributed by atoms with van der Waals surface area (Å²) in [6.07, 6.45) is 21.6. The summed E-state index contributed by atoms with van der Waals surface area (Å²) in [5.41, 5.74) is 2.17. The fraction of sp³-hybridized carbons (Fsp3) is 0.667. The van der Waals surface area contributed by atoms with Crippen LogP contribution >= 0.6 is 0 Å². The van der Waals surface area contributed by atoms with Crippen LogP contribution in [0.15, 0.2) is 36.7 Å². The lowest BCUT2D eigenvalue weighted by Gasteiger charge is -2.28. The predicted molar refractivity (Wildman–Crippen MR) is 155 cm³/mol. The van der Waals surface area contributed by atoms with E-state index >= 15 is 0 Å². The van der Waals surface area contributed by atoms with Crippen LogP contribution in [0, 0.1) is 11.8 Å². The van der Waals surface area contributed by atoms with Crippen LogP contribution in [0.1, 0.15) is 115 Å². The van der Waals surface area contributed by atoms with Crippen molar-refractivity contribution in [2.24, 2.45) is 11.8 Å². The van der Waals surface area contributed by atoms with E-state index in [1.165, 1.54) is 76.2 Å². The summed E-state index contributed by atoms with van der Waals surface area (Å²) < 4.78 is 17.0. The van der Waals surface area contributed by atoms with Crippen LogP contribution in [0.3, 0.4) is 0 Å². The first-order valence-corrected chi connectivity index (χ1v) is 15.5. The number of unbranched alkanes of at least 4 members (excludes halogenated alkanes) is 6. The zero-order chi connectivity index (χ0) is 27.3. The number of carbonyl (C=O) groups excluding carboxylic acids is 1. The number of ether oxygens (including phenoxy) is 3. The molecule has 0 radical (unpaired) electrons. The monoisotopic (exact) mass is 536 g/mol. The molecule has 2 heterocycles. The van der Waals surface area contributed by atoms with E-state index in [0.29, 0.717) is 30.7 Å². The van der Waals surface area contributed by atoms with Gasteiger partial charge in [0.2, 0.25) is 0 Å². The molecule has 0 N–H and O–H groups in total. The third-order valence-electron chi connectivity index (χ3n) is 8.38. The number of hydrogen-bond acceptors (Lipinski definition) is 6. The molecule has 0 atom stereocenters. The fourth-order valence-electron chi connectivity index (χ4n) is 5.80. The third kappa shape index (κ3) is 9.39. The van der Waals surface area contributed by atoms with Crippen LogP contribution in [0.25, 0.3) is 11.4 Å². The van der Waals surface area contributed by atoms with Crippen molar-refractivity contribution < 1.29 is 19.0 Å². The lowest BCUT2D eigenvalue weighted by Crippen LogP contribution is -2.38. The zero-order valence-electron chi connectivity index (χ0n) is 24.1. The van der Waals surface area contributed by atoms with Crippen molar-refractivity contribution in [3.8, 4) is 17.1 Å². The Hall–Kier alpha value is -2.31. The quantitative estimate of drug-likeness (QED) is 0.137. The summed E-state index contributed by atoms with van der Waals surface area (Å²) in [5, 5.41) is 0. The van der Waals surface area contributed by atoms with Gasteiger partial charge in [-0.1, -0.05) is 65.2 Å². The molecular formula is C33H48N2O4. The van der Waals surface area contributed by atoms with Gasteiger partial charge in [0.1, 0.15) is 11.7 Å². The summed E-state index contributed by atoms with van der Waals surface area (Å²) in [7, 11) is 0. The molecule has 2 fully saturated rings. The molecule has 1 saturated carbocycles. The predicted octanol–water partition coefficient (Wildman–Crippen LogP) is 8.25. The number of nitrogens with zero attached hydrogens (tertiary/aromatic N) is 2. The summed E-state index contributed by atoms with van der Waals surface area (Å²) in [4.78, 5) is 21.9. The molecule has 1 saturated heterocycles. The standard InChI is InChI=1S/C33H48N2O4/c1-3-5-7-8-10-11-25-13-15-26(16-14-25)28-21-34-32(35-22-28)27-17-19-30(20-18-27)39-33(36)29-23-37-31(38-24-29)12-9-6-4-2/h17-22,25-26,29,31H,3-16,23-24H2,1-2H3. The van der Waals surface area contributed by atoms with Crippen LogP contribution in [0.5, 0.6) is 5.75 Å². The van der Waals surface area contributed by atoms with Crippen molar-refractivity contribution in [3.63, 3.8) is 0 Å². The van der Waals surface area contributed by atoms with Gasteiger partial charge in [0.15, 0.2) is 12.1 Å². The van der Waals surface area contributed by atoms with Gasteiger partial charge in [-0.25, -0.2) is 9.97 Å². The van der Waals surface area contributed by atoms with E-state index in [4.69, 9.17) is 14.2 Å². The highest BCUT2D eigenvalue weighted by molar-refractivity contribution is 5.75. The van der Waals surface area contributed by atoms with Crippen molar-refractivity contribution >= 4 is 5.97 Å². The van der Waals surface area contributed by atoms with Crippen LogP contribution in [-0.2, 0) is 14.3 Å². The molecule has 1 aromatic heterocycles. The average Bonchev–Trinajstić information content (AvgIpc) is 2.98. The second-order valence-corrected chi connectivity index (χ2v) is 11.5. The van der Waals surface area contributed by atoms with Crippen molar-refractivity contribution in [2.45, 2.75) is 116 Å². The first-order chi connectivity index (χ1) is 19.2. The summed E-state index contributed by atoms with van der Waals surface area (Å²) in [6, 6.07) is 7.40. The Kier molecular flexibility index (Phi) is 12.2. The van der Waals surface area contributed by atoms with Gasteiger partial charge in [-0.05, 0) is 80.2 Å². The van der Waals surface area contributed by atoms with Crippen molar-refractivity contribution in [1.82, 2.24) is 9.97 Å². The topological polar surface area (TPSA) is 70.5 Å². The molecule has 6 nitrogen and oxygen atoms in total. The number of hydrogen-bond donors (Lipinski definition) is 0. The van der Waals surface area contributed by atoms with Gasteiger partial charge >= 0.3 is 5.97 Å². The van der Waals surface area contributed by atoms with Gasteiger partial charge in [-0.15, -0.1) is 0 Å². The summed E-state index contributed by atoms with van der Waals surface area (Å²) >= 11 is 0. The molecule has 1 aromatic carbocycles. The summed E-state index contributed by atoms with van der Waals surface area (Å²) in [6.45, 7) is 5.14. The van der Waals surface area contributed by atoms with E-state index in [-0.39, 0.29) is 12.3 Å². The van der Waals surface area contributed by atoms with Gasteiger partial charge in [0.25, 0.3) is 0 Å². The molecule has 6 heteroatoms. The van der Waals surface area contributed by atoms with Crippen LogP contribution in [0.2, 0.25) is 0 Å². The minimum atomic E-state index is -0.399. The van der Waals surface area contributed by atoms with Gasteiger partial charge in [-0.2, -0.15) is 0 Å². The molecule has 0 bridgehead atoms. The third-order valence-corrected chi connectivity index (χ3v) is 8.38. The second-order valence-electron chi connectivity index (χ2n) is 11.5. The van der Waals surface area contributed by atoms with E-state index in [1.807, 2.05) is 24.5 Å². The van der Waals surface area contributed by atoms with Gasteiger partial charge < -0.3 is 14.2 Å². The Morgan fingerprint density at radius 3 is 2.10 bits per heavy atom. The zero-order valence-corrected chi connectivity index (χ0v) is 24.1. The van der Waals surface area contributed by atoms with E-state index in [1.54, 1.807) is 12.1 Å². The Morgan fingerprint density at radius 1 is 0.821 bits per heavy atom. The lowest BCUT2D eigenvalue weighted by atomic mass is 9.77. The van der Waals surface area contributed by atoms with E-state index in [2.05, 4.69) is 23.8 Å². The first kappa shape index (κ1) is 29.7. The highest BCUT2D eigenvalue weighted by Crippen LogP contribution is 2.37. The largest absolute Gasteiger partial charge is 0.426 e. The molecule has 2 aliphatic rings. The SMILES string of the molecule is CCCCCCCC1CCC(c2cnc(-c3ccc(OC(=O)C4COC(CCCCC)OC4)cc3)nc2)CC1. The first-order valence-electron chi connectivity index (χ1n) is 15.5. The number of carbonyl (C=O) groups is 1. The Bertz CT molecular complexity index is 962. The second kappa shape index (κ2) is 16.1. The number of rotatable bonds is 14. The van der Waals surface area contributed by atoms with Gasteiger partial charge in [0, 0.05) is 18.0 Å². The Labute approximate surface area is 235 Å². The molecule has 4 rings (SSSR count). The van der Waals surface area contributed by atoms with Gasteiger partial charge in [-0.3, -0.25) is 4.79 Å². The fourth-order valence-corrected chi connectivity index (χ4v) is 5.80. The van der Waals surface area contributed by atoms with Gasteiger partial charge in [0.05, 0.1) is 13.2 Å². The normalized spacial score (nSPS) is 23.4. The number of benzene rings is 1. The Morgan fingerprint density at radius 2 is 1.44 bits per heavy atom. The minimum absolute atomic E-state index is 0.202. The maximum absolute atomic E-state index is 12.6. The van der Waals surface area contributed by atoms with Crippen LogP contribution in [0.4, 0.5) is 0 Å². The molecule has 1 aliphatic heterocycles. The van der Waals surface area contributed by atoms with Crippen molar-refractivity contribution in [1.29, 1.82) is 0 Å². The smallest absolute Gasteiger partial charge is 0.319 e. The lowest BCUT2D eigenvalue weighted by molar-refractivity contribution is -0.208. The molecule has 1 aliphatic carbocycles. The summed E-state index contributed by atoms with van der Waals surface area (Å²) in [5.74, 6) is 1.97. The van der Waals surface area contributed by atoms with E-state index in [0.717, 1.165) is 30.7 Å². The molecule has 39 heavy (non-hydrogen) atoms. The molecule has 0 spiro atoms. The van der Waals surface area contributed by atoms with E-state index in [9.17, 15) is 4.79 Å². The number of esters is 1. The maximum Gasteiger partial charge on any atom is 0.319 e. The van der Waals surface area contributed by atoms with Crippen molar-refractivity contribution in [2.75, 3.05) is 13.2 Å². The maximum atomic E-state index is 12.6. The van der Waals surface area contributed by atoms with Crippen LogP contribution < -0.4 is 4.74 Å². The highest BCUT2D eigenvalue weighted by atomic mass is 16.7. The minimum Gasteiger partial charge on any atom is -0.426 e. The van der Waals surface area contributed by atoms with Crippen LogP contribution in [-0.4, -0.2) is 35.4 Å². The van der Waals surface area contributed by atoms with Crippen molar-refractivity contribution in [3.05, 3.63) is 42.2 Å².